The zero-order chi connectivity index (χ0) is 15.6. The first-order valence-corrected chi connectivity index (χ1v) is 7.73. The number of benzene rings is 2. The summed E-state index contributed by atoms with van der Waals surface area (Å²) in [4.78, 5) is 0. The smallest absolute Gasteiger partial charge is 0.222 e. The van der Waals surface area contributed by atoms with Gasteiger partial charge in [-0.2, -0.15) is 0 Å². The average molecular weight is 298 g/mol. The van der Waals surface area contributed by atoms with Crippen molar-refractivity contribution in [3.63, 3.8) is 0 Å². The first-order valence-electron chi connectivity index (χ1n) is 7.73. The highest BCUT2D eigenvalue weighted by molar-refractivity contribution is 5.34. The van der Waals surface area contributed by atoms with E-state index >= 15 is 0 Å². The molecule has 0 aromatic heterocycles. The van der Waals surface area contributed by atoms with Gasteiger partial charge in [-0.3, -0.25) is 0 Å². The Morgan fingerprint density at radius 2 is 1.41 bits per heavy atom. The molecule has 3 rings (SSSR count). The summed E-state index contributed by atoms with van der Waals surface area (Å²) in [5.41, 5.74) is 2.09. The third-order valence-corrected chi connectivity index (χ3v) is 3.86. The molecule has 0 aliphatic carbocycles. The van der Waals surface area contributed by atoms with Crippen LogP contribution in [-0.4, -0.2) is 44.9 Å². The van der Waals surface area contributed by atoms with Gasteiger partial charge in [0.2, 0.25) is 5.79 Å². The van der Waals surface area contributed by atoms with Crippen molar-refractivity contribution in [1.29, 1.82) is 0 Å². The van der Waals surface area contributed by atoms with E-state index in [1.165, 1.54) is 0 Å². The van der Waals surface area contributed by atoms with Crippen LogP contribution in [0.5, 0.6) is 0 Å². The van der Waals surface area contributed by atoms with Crippen LogP contribution < -0.4 is 0 Å². The molecule has 116 valence electrons. The molecule has 2 aromatic rings. The molecule has 0 radical (unpaired) electrons. The largest absolute Gasteiger partial charge is 0.339 e. The predicted octanol–water partition coefficient (Wildman–Crippen LogP) is 3.01. The van der Waals surface area contributed by atoms with Crippen LogP contribution in [0.15, 0.2) is 60.7 Å². The second kappa shape index (κ2) is 5.84. The van der Waals surface area contributed by atoms with Crippen molar-refractivity contribution in [2.45, 2.75) is 11.9 Å². The number of nitrogens with zero attached hydrogens (tertiary/aromatic N) is 1. The van der Waals surface area contributed by atoms with Gasteiger partial charge in [-0.05, 0) is 0 Å². The molecule has 1 fully saturated rings. The molecule has 1 saturated heterocycles. The molecule has 0 bridgehead atoms. The fourth-order valence-corrected chi connectivity index (χ4v) is 3.00. The zero-order valence-electron chi connectivity index (χ0n) is 13.5. The van der Waals surface area contributed by atoms with Crippen LogP contribution in [0.4, 0.5) is 0 Å². The van der Waals surface area contributed by atoms with Gasteiger partial charge in [-0.25, -0.2) is 0 Å². The number of rotatable bonds is 4. The lowest BCUT2D eigenvalue weighted by atomic mass is 9.97. The van der Waals surface area contributed by atoms with E-state index in [1.54, 1.807) is 0 Å². The molecule has 2 aromatic carbocycles. The van der Waals surface area contributed by atoms with Gasteiger partial charge in [0, 0.05) is 11.1 Å². The third-order valence-electron chi connectivity index (χ3n) is 3.86. The maximum absolute atomic E-state index is 6.46. The average Bonchev–Trinajstić information content (AvgIpc) is 2.92. The second-order valence-corrected chi connectivity index (χ2v) is 6.87. The Kier molecular flexibility index (Phi) is 4.04. The van der Waals surface area contributed by atoms with Gasteiger partial charge in [0.05, 0.1) is 27.7 Å². The lowest BCUT2D eigenvalue weighted by Crippen LogP contribution is -2.43. The minimum atomic E-state index is -0.789. The molecule has 0 spiro atoms. The van der Waals surface area contributed by atoms with Gasteiger partial charge in [-0.15, -0.1) is 0 Å². The number of hydrogen-bond acceptors (Lipinski definition) is 2. The van der Waals surface area contributed by atoms with Crippen LogP contribution >= 0.6 is 0 Å². The highest BCUT2D eigenvalue weighted by Crippen LogP contribution is 2.40. The molecule has 1 atom stereocenters. The Bertz CT molecular complexity index is 565. The summed E-state index contributed by atoms with van der Waals surface area (Å²) in [5.74, 6) is -0.789. The molecular formula is C19H24NO2+. The molecule has 0 N–H and O–H groups in total. The molecule has 22 heavy (non-hydrogen) atoms. The van der Waals surface area contributed by atoms with E-state index in [2.05, 4.69) is 45.4 Å². The normalized spacial score (nSPS) is 21.0. The lowest BCUT2D eigenvalue weighted by Gasteiger charge is -2.31. The standard InChI is InChI=1S/C19H24NO2/c1-20(2,3)14-18-15-21-19(22-18,16-10-6-4-7-11-16)17-12-8-5-9-13-17/h4-13,18H,14-15H2,1-3H3/q+1/t18-/m1/s1. The van der Waals surface area contributed by atoms with E-state index in [-0.39, 0.29) is 6.10 Å². The highest BCUT2D eigenvalue weighted by atomic mass is 16.7. The maximum Gasteiger partial charge on any atom is 0.222 e. The fourth-order valence-electron chi connectivity index (χ4n) is 3.00. The van der Waals surface area contributed by atoms with Gasteiger partial charge in [0.1, 0.15) is 12.6 Å². The van der Waals surface area contributed by atoms with Gasteiger partial charge in [0.15, 0.2) is 0 Å². The van der Waals surface area contributed by atoms with Crippen molar-refractivity contribution >= 4 is 0 Å². The van der Waals surface area contributed by atoms with Crippen molar-refractivity contribution in [2.24, 2.45) is 0 Å². The number of ether oxygens (including phenoxy) is 2. The number of likely N-dealkylation sites (N-methyl/N-ethyl adjacent to an activating group) is 1. The van der Waals surface area contributed by atoms with Crippen molar-refractivity contribution < 1.29 is 14.0 Å². The summed E-state index contributed by atoms with van der Waals surface area (Å²) < 4.78 is 13.6. The molecule has 3 nitrogen and oxygen atoms in total. The van der Waals surface area contributed by atoms with Crippen molar-refractivity contribution in [3.8, 4) is 0 Å². The summed E-state index contributed by atoms with van der Waals surface area (Å²) in [6, 6.07) is 20.4. The van der Waals surface area contributed by atoms with Gasteiger partial charge < -0.3 is 14.0 Å². The van der Waals surface area contributed by atoms with E-state index in [4.69, 9.17) is 9.47 Å². The van der Waals surface area contributed by atoms with Gasteiger partial charge in [-0.1, -0.05) is 60.7 Å². The molecule has 1 aliphatic heterocycles. The zero-order valence-corrected chi connectivity index (χ0v) is 13.5. The molecule has 1 heterocycles. The summed E-state index contributed by atoms with van der Waals surface area (Å²) in [5, 5.41) is 0. The fraction of sp³-hybridized carbons (Fsp3) is 0.368. The van der Waals surface area contributed by atoms with Crippen LogP contribution in [0, 0.1) is 0 Å². The topological polar surface area (TPSA) is 18.5 Å². The monoisotopic (exact) mass is 298 g/mol. The highest BCUT2D eigenvalue weighted by Gasteiger charge is 2.46. The Hall–Kier alpha value is -1.68. The van der Waals surface area contributed by atoms with E-state index in [0.29, 0.717) is 6.61 Å². The Morgan fingerprint density at radius 3 is 1.86 bits per heavy atom. The Labute approximate surface area is 132 Å². The SMILES string of the molecule is C[N+](C)(C)C[C@@H]1COC(c2ccccc2)(c2ccccc2)O1. The van der Waals surface area contributed by atoms with Gasteiger partial charge >= 0.3 is 0 Å². The van der Waals surface area contributed by atoms with Crippen molar-refractivity contribution in [3.05, 3.63) is 71.8 Å². The van der Waals surface area contributed by atoms with E-state index in [1.807, 2.05) is 36.4 Å². The quantitative estimate of drug-likeness (QED) is 0.808. The second-order valence-electron chi connectivity index (χ2n) is 6.87. The molecule has 0 unspecified atom stereocenters. The van der Waals surface area contributed by atoms with Crippen LogP contribution in [0.1, 0.15) is 11.1 Å². The summed E-state index contributed by atoms with van der Waals surface area (Å²) in [7, 11) is 6.52. The molecule has 0 saturated carbocycles. The number of quaternary nitrogens is 1. The Morgan fingerprint density at radius 1 is 0.909 bits per heavy atom. The van der Waals surface area contributed by atoms with Crippen LogP contribution in [0.25, 0.3) is 0 Å². The number of hydrogen-bond donors (Lipinski definition) is 0. The first kappa shape index (κ1) is 15.2. The summed E-state index contributed by atoms with van der Waals surface area (Å²) in [6.07, 6.45) is 0.0837. The van der Waals surface area contributed by atoms with Crippen LogP contribution in [-0.2, 0) is 15.3 Å². The molecule has 3 heteroatoms. The maximum atomic E-state index is 6.46. The summed E-state index contributed by atoms with van der Waals surface area (Å²) in [6.45, 7) is 1.53. The first-order chi connectivity index (χ1) is 10.5. The van der Waals surface area contributed by atoms with Crippen molar-refractivity contribution in [2.75, 3.05) is 34.3 Å². The molecule has 0 amide bonds. The van der Waals surface area contributed by atoms with Crippen LogP contribution in [0.3, 0.4) is 0 Å². The van der Waals surface area contributed by atoms with Crippen LogP contribution in [0.2, 0.25) is 0 Å². The van der Waals surface area contributed by atoms with Crippen molar-refractivity contribution in [1.82, 2.24) is 0 Å². The van der Waals surface area contributed by atoms with Gasteiger partial charge in [0.25, 0.3) is 0 Å². The summed E-state index contributed by atoms with van der Waals surface area (Å²) >= 11 is 0. The molecular weight excluding hydrogens is 274 g/mol. The minimum absolute atomic E-state index is 0.0837. The third kappa shape index (κ3) is 3.07. The lowest BCUT2D eigenvalue weighted by molar-refractivity contribution is -0.873. The van der Waals surface area contributed by atoms with E-state index in [0.717, 1.165) is 22.2 Å². The van der Waals surface area contributed by atoms with E-state index in [9.17, 15) is 0 Å². The Balaban J connectivity index is 1.97. The minimum Gasteiger partial charge on any atom is -0.339 e. The molecule has 1 aliphatic rings. The predicted molar refractivity (Wildman–Crippen MR) is 87.4 cm³/mol. The van der Waals surface area contributed by atoms with E-state index < -0.39 is 5.79 Å².